The highest BCUT2D eigenvalue weighted by Gasteiger charge is 2.22. The van der Waals surface area contributed by atoms with Crippen LogP contribution in [0.2, 0.25) is 0 Å². The molecule has 0 radical (unpaired) electrons. The molecule has 1 fully saturated rings. The van der Waals surface area contributed by atoms with Crippen molar-refractivity contribution in [1.29, 1.82) is 0 Å². The van der Waals surface area contributed by atoms with Crippen LogP contribution in [-0.4, -0.2) is 43.8 Å². The lowest BCUT2D eigenvalue weighted by molar-refractivity contribution is -0.115. The van der Waals surface area contributed by atoms with Crippen molar-refractivity contribution < 1.29 is 23.7 Å². The topological polar surface area (TPSA) is 66.0 Å². The fourth-order valence-corrected chi connectivity index (χ4v) is 3.75. The Balaban J connectivity index is 1.42. The van der Waals surface area contributed by atoms with E-state index in [2.05, 4.69) is 5.32 Å². The second-order valence-electron chi connectivity index (χ2n) is 6.39. The quantitative estimate of drug-likeness (QED) is 0.337. The van der Waals surface area contributed by atoms with E-state index >= 15 is 0 Å². The number of carbonyl (C=O) groups excluding carboxylic acids is 1. The zero-order valence-electron chi connectivity index (χ0n) is 16.8. The summed E-state index contributed by atoms with van der Waals surface area (Å²) >= 11 is 6.24. The smallest absolute Gasteiger partial charge is 0.263 e. The summed E-state index contributed by atoms with van der Waals surface area (Å²) in [6.45, 7) is 3.79. The van der Waals surface area contributed by atoms with Gasteiger partial charge in [-0.25, -0.2) is 0 Å². The molecule has 1 N–H and O–H groups in total. The van der Waals surface area contributed by atoms with Crippen LogP contribution in [-0.2, 0) is 9.53 Å². The molecule has 0 unspecified atom stereocenters. The van der Waals surface area contributed by atoms with E-state index in [1.54, 1.807) is 13.2 Å². The van der Waals surface area contributed by atoms with Crippen molar-refractivity contribution >= 4 is 40.3 Å². The molecule has 1 amide bonds. The minimum Gasteiger partial charge on any atom is -0.493 e. The first-order chi connectivity index (χ1) is 14.5. The van der Waals surface area contributed by atoms with Crippen molar-refractivity contribution in [1.82, 2.24) is 5.32 Å². The van der Waals surface area contributed by atoms with Gasteiger partial charge in [-0.05, 0) is 48.4 Å². The molecule has 8 heteroatoms. The molecule has 0 spiro atoms. The number of ether oxygens (including phenoxy) is 4. The lowest BCUT2D eigenvalue weighted by atomic mass is 10.2. The van der Waals surface area contributed by atoms with Crippen LogP contribution in [0.1, 0.15) is 11.1 Å². The molecule has 2 aromatic rings. The van der Waals surface area contributed by atoms with Crippen LogP contribution in [0.4, 0.5) is 0 Å². The van der Waals surface area contributed by atoms with Crippen molar-refractivity contribution in [2.45, 2.75) is 6.92 Å². The van der Waals surface area contributed by atoms with E-state index in [0.29, 0.717) is 47.2 Å². The van der Waals surface area contributed by atoms with Crippen LogP contribution in [0, 0.1) is 6.92 Å². The van der Waals surface area contributed by atoms with E-state index in [1.807, 2.05) is 49.4 Å². The van der Waals surface area contributed by atoms with Crippen molar-refractivity contribution in [3.63, 3.8) is 0 Å². The Bertz CT molecular complexity index is 945. The minimum atomic E-state index is -0.187. The molecule has 0 aromatic heterocycles. The molecule has 0 bridgehead atoms. The second-order valence-corrected chi connectivity index (χ2v) is 8.11. The molecule has 6 nitrogen and oxygen atoms in total. The minimum absolute atomic E-state index is 0.187. The van der Waals surface area contributed by atoms with Crippen molar-refractivity contribution in [2.24, 2.45) is 0 Å². The van der Waals surface area contributed by atoms with Gasteiger partial charge in [0.1, 0.15) is 23.3 Å². The van der Waals surface area contributed by atoms with Crippen LogP contribution >= 0.6 is 24.0 Å². The number of carbonyl (C=O) groups is 1. The summed E-state index contributed by atoms with van der Waals surface area (Å²) in [6, 6.07) is 13.4. The maximum atomic E-state index is 11.8. The maximum Gasteiger partial charge on any atom is 0.263 e. The first-order valence-corrected chi connectivity index (χ1v) is 10.6. The molecule has 0 atom stereocenters. The molecular weight excluding hydrogens is 422 g/mol. The van der Waals surface area contributed by atoms with E-state index in [4.69, 9.17) is 31.2 Å². The number of hydrogen-bond donors (Lipinski definition) is 1. The predicted molar refractivity (Wildman–Crippen MR) is 122 cm³/mol. The number of thiocarbonyl (C=S) groups is 1. The lowest BCUT2D eigenvalue weighted by Crippen LogP contribution is -2.17. The summed E-state index contributed by atoms with van der Waals surface area (Å²) in [5.74, 6) is 1.84. The number of aryl methyl sites for hydroxylation is 1. The van der Waals surface area contributed by atoms with Crippen molar-refractivity contribution in [3.05, 3.63) is 58.5 Å². The Morgan fingerprint density at radius 1 is 1.03 bits per heavy atom. The van der Waals surface area contributed by atoms with Gasteiger partial charge < -0.3 is 24.3 Å². The highest BCUT2D eigenvalue weighted by Crippen LogP contribution is 2.31. The number of methoxy groups -OCH3 is 1. The van der Waals surface area contributed by atoms with E-state index < -0.39 is 0 Å². The Kier molecular flexibility index (Phi) is 8.12. The molecule has 158 valence electrons. The van der Waals surface area contributed by atoms with Crippen molar-refractivity contribution in [3.8, 4) is 17.2 Å². The van der Waals surface area contributed by atoms with E-state index in [9.17, 15) is 4.79 Å². The van der Waals surface area contributed by atoms with Gasteiger partial charge in [-0.3, -0.25) is 4.79 Å². The molecule has 1 heterocycles. The highest BCUT2D eigenvalue weighted by molar-refractivity contribution is 8.26. The normalized spacial score (nSPS) is 14.7. The summed E-state index contributed by atoms with van der Waals surface area (Å²) in [5, 5.41) is 2.60. The Morgan fingerprint density at radius 2 is 1.83 bits per heavy atom. The molecule has 0 saturated carbocycles. The highest BCUT2D eigenvalue weighted by atomic mass is 32.2. The Labute approximate surface area is 185 Å². The standard InChI is InChI=1S/C22H23NO5S2/c1-15-4-3-5-17(12-15)27-10-8-26-9-11-28-18-7-6-16(13-19(18)25-2)14-20-21(24)23-22(29)30-20/h3-7,12-14H,8-11H2,1-2H3,(H,23,24,29)/b20-14+. The average Bonchev–Trinajstić information content (AvgIpc) is 3.04. The van der Waals surface area contributed by atoms with Gasteiger partial charge in [-0.2, -0.15) is 0 Å². The monoisotopic (exact) mass is 445 g/mol. The predicted octanol–water partition coefficient (Wildman–Crippen LogP) is 3.97. The van der Waals surface area contributed by atoms with Gasteiger partial charge >= 0.3 is 0 Å². The van der Waals surface area contributed by atoms with Gasteiger partial charge in [-0.15, -0.1) is 0 Å². The van der Waals surface area contributed by atoms with Crippen LogP contribution in [0.5, 0.6) is 17.2 Å². The molecule has 30 heavy (non-hydrogen) atoms. The van der Waals surface area contributed by atoms with Crippen LogP contribution in [0.3, 0.4) is 0 Å². The summed E-state index contributed by atoms with van der Waals surface area (Å²) in [7, 11) is 1.57. The van der Waals surface area contributed by atoms with Gasteiger partial charge in [0.15, 0.2) is 11.5 Å². The molecule has 0 aliphatic carbocycles. The summed E-state index contributed by atoms with van der Waals surface area (Å²) in [4.78, 5) is 12.3. The Morgan fingerprint density at radius 3 is 2.53 bits per heavy atom. The largest absolute Gasteiger partial charge is 0.493 e. The van der Waals surface area contributed by atoms with Gasteiger partial charge in [-0.1, -0.05) is 42.2 Å². The number of hydrogen-bond acceptors (Lipinski definition) is 7. The van der Waals surface area contributed by atoms with Gasteiger partial charge in [0, 0.05) is 0 Å². The second kappa shape index (κ2) is 11.0. The molecule has 1 aliphatic rings. The van der Waals surface area contributed by atoms with Crippen LogP contribution in [0.15, 0.2) is 47.4 Å². The van der Waals surface area contributed by atoms with Crippen LogP contribution < -0.4 is 19.5 Å². The number of thioether (sulfide) groups is 1. The number of nitrogens with one attached hydrogen (secondary N) is 1. The number of rotatable bonds is 10. The number of benzene rings is 2. The average molecular weight is 446 g/mol. The Hall–Kier alpha value is -2.55. The summed E-state index contributed by atoms with van der Waals surface area (Å²) < 4.78 is 22.8. The molecule has 3 rings (SSSR count). The summed E-state index contributed by atoms with van der Waals surface area (Å²) in [5.41, 5.74) is 1.98. The van der Waals surface area contributed by atoms with E-state index in [1.165, 1.54) is 11.8 Å². The fourth-order valence-electron chi connectivity index (χ4n) is 2.70. The third-order valence-corrected chi connectivity index (χ3v) is 5.26. The van der Waals surface area contributed by atoms with Gasteiger partial charge in [0.05, 0.1) is 25.2 Å². The third kappa shape index (κ3) is 6.48. The van der Waals surface area contributed by atoms with E-state index in [0.717, 1.165) is 16.9 Å². The fraction of sp³-hybridized carbons (Fsp3) is 0.273. The van der Waals surface area contributed by atoms with Crippen molar-refractivity contribution in [2.75, 3.05) is 33.5 Å². The molecule has 2 aromatic carbocycles. The molecular formula is C22H23NO5S2. The summed E-state index contributed by atoms with van der Waals surface area (Å²) in [6.07, 6.45) is 1.77. The van der Waals surface area contributed by atoms with E-state index in [-0.39, 0.29) is 5.91 Å². The zero-order valence-corrected chi connectivity index (χ0v) is 18.4. The maximum absolute atomic E-state index is 11.8. The number of amides is 1. The lowest BCUT2D eigenvalue weighted by Gasteiger charge is -2.12. The SMILES string of the molecule is COc1cc(/C=C2/SC(=S)NC2=O)ccc1OCCOCCOc1cccc(C)c1. The van der Waals surface area contributed by atoms with Gasteiger partial charge in [0.25, 0.3) is 5.91 Å². The first-order valence-electron chi connectivity index (χ1n) is 9.38. The molecule has 1 saturated heterocycles. The zero-order chi connectivity index (χ0) is 21.3. The molecule has 1 aliphatic heterocycles. The van der Waals surface area contributed by atoms with Gasteiger partial charge in [0.2, 0.25) is 0 Å². The van der Waals surface area contributed by atoms with Crippen LogP contribution in [0.25, 0.3) is 6.08 Å². The third-order valence-electron chi connectivity index (χ3n) is 4.10. The first kappa shape index (κ1) is 22.1.